The van der Waals surface area contributed by atoms with Crippen LogP contribution < -0.4 is 11.1 Å². The van der Waals surface area contributed by atoms with Gasteiger partial charge in [0.05, 0.1) is 0 Å². The summed E-state index contributed by atoms with van der Waals surface area (Å²) in [5.41, 5.74) is 1.92. The number of nitrogens with zero attached hydrogens (tertiary/aromatic N) is 2. The van der Waals surface area contributed by atoms with E-state index in [1.54, 1.807) is 50.2 Å². The predicted octanol–water partition coefficient (Wildman–Crippen LogP) is 6.36. The van der Waals surface area contributed by atoms with Gasteiger partial charge in [-0.15, -0.1) is 0 Å². The van der Waals surface area contributed by atoms with Gasteiger partial charge in [-0.3, -0.25) is 0 Å². The highest BCUT2D eigenvalue weighted by atomic mass is 32.2. The first-order chi connectivity index (χ1) is 24.6. The topological polar surface area (TPSA) is 138 Å². The summed E-state index contributed by atoms with van der Waals surface area (Å²) in [7, 11) is -3.88. The average Bonchev–Trinajstić information content (AvgIpc) is 3.13. The lowest BCUT2D eigenvalue weighted by Crippen LogP contribution is -2.22. The Kier molecular flexibility index (Phi) is 10.9. The Hall–Kier alpha value is -5.81. The van der Waals surface area contributed by atoms with E-state index in [1.165, 1.54) is 0 Å². The molecule has 0 spiro atoms. The monoisotopic (exact) mass is 704 g/mol. The fraction of sp³-hybridized carbons (Fsp3) is 0.200. The van der Waals surface area contributed by atoms with Gasteiger partial charge in [-0.1, -0.05) is 97.1 Å². The first kappa shape index (κ1) is 35.0. The molecule has 0 aliphatic heterocycles. The molecule has 11 heteroatoms. The zero-order chi connectivity index (χ0) is 35.8. The Morgan fingerprint density at radius 1 is 0.588 bits per heavy atom. The van der Waals surface area contributed by atoms with Crippen LogP contribution in [0.25, 0.3) is 21.5 Å². The minimum atomic E-state index is -3.88. The molecule has 4 aromatic carbocycles. The largest absolute Gasteiger partial charge is 0.459 e. The van der Waals surface area contributed by atoms with Crippen molar-refractivity contribution in [3.05, 3.63) is 155 Å². The van der Waals surface area contributed by atoms with Crippen LogP contribution in [0.4, 0.5) is 0 Å². The summed E-state index contributed by atoms with van der Waals surface area (Å²) in [6.07, 6.45) is 0. The van der Waals surface area contributed by atoms with Gasteiger partial charge in [0.2, 0.25) is 11.1 Å². The Morgan fingerprint density at radius 2 is 0.961 bits per heavy atom. The number of hydrogen-bond donors (Lipinski definition) is 0. The lowest BCUT2D eigenvalue weighted by molar-refractivity contribution is -0.146. The molecule has 6 aromatic rings. The number of fused-ring (bicyclic) bond motifs is 2. The Labute approximate surface area is 294 Å². The van der Waals surface area contributed by atoms with Crippen LogP contribution in [0, 0.1) is 0 Å². The Balaban J connectivity index is 1.23. The zero-order valence-electron chi connectivity index (χ0n) is 28.1. The number of ether oxygens (including phenoxy) is 2. The maximum Gasteiger partial charge on any atom is 0.331 e. The molecule has 260 valence electrons. The summed E-state index contributed by atoms with van der Waals surface area (Å²) in [6.45, 7) is 3.38. The van der Waals surface area contributed by atoms with Crippen LogP contribution in [0.3, 0.4) is 0 Å². The van der Waals surface area contributed by atoms with Crippen molar-refractivity contribution in [1.82, 2.24) is 0 Å². The van der Waals surface area contributed by atoms with Crippen LogP contribution in [0.1, 0.15) is 36.5 Å². The van der Waals surface area contributed by atoms with Gasteiger partial charge in [0.25, 0.3) is 0 Å². The second-order valence-corrected chi connectivity index (χ2v) is 14.1. The van der Waals surface area contributed by atoms with Gasteiger partial charge in [0.1, 0.15) is 48.3 Å². The van der Waals surface area contributed by atoms with Gasteiger partial charge in [-0.2, -0.15) is 0 Å². The molecule has 0 N–H and O–H groups in total. The first-order valence-corrected chi connectivity index (χ1v) is 18.2. The summed E-state index contributed by atoms with van der Waals surface area (Å²) in [6, 6.07) is 34.5. The van der Waals surface area contributed by atoms with Gasteiger partial charge in [0, 0.05) is 10.8 Å². The molecule has 10 nitrogen and oxygen atoms in total. The third-order valence-corrected chi connectivity index (χ3v) is 9.40. The highest BCUT2D eigenvalue weighted by molar-refractivity contribution is 7.89. The van der Waals surface area contributed by atoms with Crippen molar-refractivity contribution in [3.8, 4) is 0 Å². The van der Waals surface area contributed by atoms with E-state index in [1.807, 2.05) is 84.9 Å². The summed E-state index contributed by atoms with van der Waals surface area (Å²) in [5, 5.41) is 2.63. The SMILES string of the molecule is C[C@H](N=c1oc(CS(=O)(=O)Cc2cc3ccccc3c(=N[C@@H](C)C(=O)OCc3ccccc3)o2)cc2ccccc12)C(=O)OCc1ccccc1. The van der Waals surface area contributed by atoms with Gasteiger partial charge in [-0.25, -0.2) is 28.0 Å². The molecule has 2 heterocycles. The molecule has 6 rings (SSSR count). The third kappa shape index (κ3) is 9.25. The molecule has 2 aromatic heterocycles. The molecule has 0 fully saturated rings. The smallest absolute Gasteiger partial charge is 0.331 e. The lowest BCUT2D eigenvalue weighted by atomic mass is 10.1. The number of benzene rings is 4. The molecule has 0 radical (unpaired) electrons. The van der Waals surface area contributed by atoms with Crippen LogP contribution in [-0.4, -0.2) is 32.4 Å². The number of carbonyl (C=O) groups is 2. The first-order valence-electron chi connectivity index (χ1n) is 16.4. The van der Waals surface area contributed by atoms with E-state index in [0.717, 1.165) is 11.1 Å². The fourth-order valence-electron chi connectivity index (χ4n) is 5.37. The lowest BCUT2D eigenvalue weighted by Gasteiger charge is -2.10. The Morgan fingerprint density at radius 3 is 1.37 bits per heavy atom. The molecular formula is C40H36N2O8S. The van der Waals surface area contributed by atoms with Crippen LogP contribution in [-0.2, 0) is 53.6 Å². The van der Waals surface area contributed by atoms with E-state index in [-0.39, 0.29) is 35.8 Å². The quantitative estimate of drug-likeness (QED) is 0.134. The van der Waals surface area contributed by atoms with Gasteiger partial charge >= 0.3 is 11.9 Å². The molecule has 0 aliphatic rings. The van der Waals surface area contributed by atoms with Crippen LogP contribution in [0.2, 0.25) is 0 Å². The van der Waals surface area contributed by atoms with Crippen molar-refractivity contribution in [2.75, 3.05) is 0 Å². The minimum Gasteiger partial charge on any atom is -0.459 e. The maximum atomic E-state index is 13.6. The second kappa shape index (κ2) is 15.8. The molecule has 0 saturated carbocycles. The highest BCUT2D eigenvalue weighted by Crippen LogP contribution is 2.19. The highest BCUT2D eigenvalue weighted by Gasteiger charge is 2.21. The normalized spacial score (nSPS) is 13.6. The third-order valence-electron chi connectivity index (χ3n) is 7.95. The summed E-state index contributed by atoms with van der Waals surface area (Å²) in [5.74, 6) is -1.76. The Bertz CT molecular complexity index is 2260. The van der Waals surface area contributed by atoms with Gasteiger partial charge < -0.3 is 18.3 Å². The van der Waals surface area contributed by atoms with E-state index < -0.39 is 45.4 Å². The van der Waals surface area contributed by atoms with Crippen LogP contribution >= 0.6 is 0 Å². The predicted molar refractivity (Wildman–Crippen MR) is 191 cm³/mol. The van der Waals surface area contributed by atoms with Gasteiger partial charge in [0.15, 0.2) is 9.84 Å². The van der Waals surface area contributed by atoms with E-state index in [2.05, 4.69) is 9.98 Å². The van der Waals surface area contributed by atoms with Crippen molar-refractivity contribution in [1.29, 1.82) is 0 Å². The number of rotatable bonds is 12. The van der Waals surface area contributed by atoms with Gasteiger partial charge in [-0.05, 0) is 60.0 Å². The molecule has 0 aliphatic carbocycles. The maximum absolute atomic E-state index is 13.6. The zero-order valence-corrected chi connectivity index (χ0v) is 28.9. The van der Waals surface area contributed by atoms with Crippen LogP contribution in [0.5, 0.6) is 0 Å². The van der Waals surface area contributed by atoms with Crippen molar-refractivity contribution in [2.45, 2.75) is 50.7 Å². The molecular weight excluding hydrogens is 669 g/mol. The number of esters is 2. The molecule has 0 bridgehead atoms. The average molecular weight is 705 g/mol. The van der Waals surface area contributed by atoms with E-state index in [4.69, 9.17) is 18.3 Å². The summed E-state index contributed by atoms with van der Waals surface area (Å²) in [4.78, 5) is 34.6. The van der Waals surface area contributed by atoms with Crippen LogP contribution in [0.15, 0.2) is 140 Å². The summed E-state index contributed by atoms with van der Waals surface area (Å²) < 4.78 is 50.2. The standard InChI is InChI=1S/C40H36N2O8S/c1-27(39(43)47-23-29-13-5-3-6-14-29)41-37-35-19-11-9-17-31(35)21-33(49-37)25-51(45,46)26-34-22-32-18-10-12-20-36(32)38(50-34)42-28(2)40(44)48-24-30-15-7-4-8-16-30/h3-22,27-28H,23-26H2,1-2H3/t27-,28-/m0/s1. The summed E-state index contributed by atoms with van der Waals surface area (Å²) >= 11 is 0. The second-order valence-electron chi connectivity index (χ2n) is 12.0. The minimum absolute atomic E-state index is 0.0990. The number of hydrogen-bond acceptors (Lipinski definition) is 10. The molecule has 0 unspecified atom stereocenters. The van der Waals surface area contributed by atoms with Crippen molar-refractivity contribution >= 4 is 43.3 Å². The molecule has 0 saturated heterocycles. The number of carbonyl (C=O) groups excluding carboxylic acids is 2. The number of sulfone groups is 1. The molecule has 2 atom stereocenters. The van der Waals surface area contributed by atoms with E-state index >= 15 is 0 Å². The fourth-order valence-corrected chi connectivity index (χ4v) is 6.63. The molecule has 0 amide bonds. The van der Waals surface area contributed by atoms with E-state index in [9.17, 15) is 18.0 Å². The van der Waals surface area contributed by atoms with E-state index in [0.29, 0.717) is 21.5 Å². The van der Waals surface area contributed by atoms with Crippen molar-refractivity contribution in [2.24, 2.45) is 9.98 Å². The molecule has 51 heavy (non-hydrogen) atoms. The van der Waals surface area contributed by atoms with Crippen molar-refractivity contribution in [3.63, 3.8) is 0 Å². The van der Waals surface area contributed by atoms with Crippen molar-refractivity contribution < 1.29 is 36.3 Å².